The summed E-state index contributed by atoms with van der Waals surface area (Å²) in [6, 6.07) is 13.5. The number of methoxy groups -OCH3 is 1. The first-order chi connectivity index (χ1) is 12.1. The first kappa shape index (κ1) is 16.7. The van der Waals surface area contributed by atoms with Crippen LogP contribution in [0, 0.1) is 0 Å². The number of hydrogen-bond acceptors (Lipinski definition) is 5. The van der Waals surface area contributed by atoms with Crippen molar-refractivity contribution in [3.05, 3.63) is 65.5 Å². The number of halogens is 1. The molecule has 0 aliphatic heterocycles. The highest BCUT2D eigenvalue weighted by molar-refractivity contribution is 6.50. The molecular weight excluding hydrogens is 344 g/mol. The molecule has 0 aliphatic rings. The Morgan fingerprint density at radius 3 is 2.68 bits per heavy atom. The van der Waals surface area contributed by atoms with Gasteiger partial charge in [-0.15, -0.1) is 0 Å². The number of carboxylic acids is 1. The van der Waals surface area contributed by atoms with E-state index in [1.807, 2.05) is 18.2 Å². The Morgan fingerprint density at radius 2 is 2.00 bits per heavy atom. The molecule has 0 amide bonds. The molecule has 3 aromatic rings. The molecule has 0 radical (unpaired) electrons. The minimum absolute atomic E-state index is 0.168. The van der Waals surface area contributed by atoms with E-state index < -0.39 is 5.97 Å². The van der Waals surface area contributed by atoms with Crippen LogP contribution in [0.1, 0.15) is 21.8 Å². The van der Waals surface area contributed by atoms with E-state index in [0.717, 1.165) is 11.1 Å². The quantitative estimate of drug-likeness (QED) is 0.738. The van der Waals surface area contributed by atoms with Gasteiger partial charge in [0, 0.05) is 5.56 Å². The van der Waals surface area contributed by atoms with Gasteiger partial charge >= 0.3 is 5.97 Å². The van der Waals surface area contributed by atoms with Crippen molar-refractivity contribution in [2.45, 2.75) is 0 Å². The second-order valence-corrected chi connectivity index (χ2v) is 5.48. The van der Waals surface area contributed by atoms with Crippen molar-refractivity contribution in [2.24, 2.45) is 0 Å². The highest BCUT2D eigenvalue weighted by Crippen LogP contribution is 2.25. The molecule has 0 atom stereocenters. The van der Waals surface area contributed by atoms with Gasteiger partial charge < -0.3 is 14.4 Å². The van der Waals surface area contributed by atoms with E-state index in [-0.39, 0.29) is 16.5 Å². The molecular formula is C18H13ClN2O4. The molecule has 126 valence electrons. The Morgan fingerprint density at radius 1 is 1.24 bits per heavy atom. The van der Waals surface area contributed by atoms with Crippen molar-refractivity contribution in [3.8, 4) is 17.1 Å². The molecule has 3 rings (SSSR count). The van der Waals surface area contributed by atoms with Crippen LogP contribution in [0.4, 0.5) is 0 Å². The van der Waals surface area contributed by atoms with E-state index in [1.54, 1.807) is 31.4 Å². The van der Waals surface area contributed by atoms with Crippen molar-refractivity contribution >= 4 is 28.7 Å². The smallest absolute Gasteiger partial charge is 0.335 e. The molecule has 25 heavy (non-hydrogen) atoms. The van der Waals surface area contributed by atoms with Gasteiger partial charge in [0.1, 0.15) is 10.8 Å². The molecule has 0 unspecified atom stereocenters. The summed E-state index contributed by atoms with van der Waals surface area (Å²) in [5.41, 5.74) is 1.66. The second kappa shape index (κ2) is 7.19. The molecule has 1 N–H and O–H groups in total. The number of nitrogens with zero attached hydrogens (tertiary/aromatic N) is 2. The Bertz CT molecular complexity index is 932. The first-order valence-corrected chi connectivity index (χ1v) is 7.63. The topological polar surface area (TPSA) is 85.5 Å². The van der Waals surface area contributed by atoms with Gasteiger partial charge in [-0.25, -0.2) is 4.79 Å². The zero-order valence-corrected chi connectivity index (χ0v) is 13.9. The summed E-state index contributed by atoms with van der Waals surface area (Å²) in [6.45, 7) is 0. The lowest BCUT2D eigenvalue weighted by atomic mass is 10.1. The van der Waals surface area contributed by atoms with E-state index in [2.05, 4.69) is 10.1 Å². The monoisotopic (exact) mass is 356 g/mol. The molecule has 0 fully saturated rings. The van der Waals surface area contributed by atoms with Crippen molar-refractivity contribution < 1.29 is 19.2 Å². The third-order valence-corrected chi connectivity index (χ3v) is 3.68. The lowest BCUT2D eigenvalue weighted by molar-refractivity contribution is 0.0697. The van der Waals surface area contributed by atoms with Crippen LogP contribution in [0.15, 0.2) is 53.1 Å². The molecule has 0 spiro atoms. The summed E-state index contributed by atoms with van der Waals surface area (Å²) >= 11 is 6.23. The third kappa shape index (κ3) is 3.87. The highest BCUT2D eigenvalue weighted by atomic mass is 35.5. The normalized spacial score (nSPS) is 11.4. The average molecular weight is 357 g/mol. The average Bonchev–Trinajstić information content (AvgIpc) is 3.12. The number of rotatable bonds is 5. The fourth-order valence-corrected chi connectivity index (χ4v) is 2.33. The Kier molecular flexibility index (Phi) is 4.81. The van der Waals surface area contributed by atoms with Crippen molar-refractivity contribution in [3.63, 3.8) is 0 Å². The number of carboxylic acid groups (broad SMARTS) is 1. The van der Waals surface area contributed by atoms with Gasteiger partial charge in [-0.05, 0) is 35.9 Å². The summed E-state index contributed by atoms with van der Waals surface area (Å²) in [7, 11) is 1.58. The van der Waals surface area contributed by atoms with E-state index in [0.29, 0.717) is 11.6 Å². The molecule has 6 nitrogen and oxygen atoms in total. The molecule has 0 aliphatic carbocycles. The van der Waals surface area contributed by atoms with E-state index in [4.69, 9.17) is 26.0 Å². The van der Waals surface area contributed by atoms with Crippen LogP contribution in [-0.2, 0) is 0 Å². The van der Waals surface area contributed by atoms with Gasteiger partial charge in [0.05, 0.1) is 12.7 Å². The molecule has 1 heterocycles. The summed E-state index contributed by atoms with van der Waals surface area (Å²) in [4.78, 5) is 15.1. The second-order valence-electron chi connectivity index (χ2n) is 5.07. The fourth-order valence-electron chi connectivity index (χ4n) is 2.13. The van der Waals surface area contributed by atoms with Crippen molar-refractivity contribution in [1.29, 1.82) is 0 Å². The van der Waals surface area contributed by atoms with Gasteiger partial charge in [0.25, 0.3) is 5.89 Å². The molecule has 2 aromatic carbocycles. The zero-order chi connectivity index (χ0) is 17.8. The van der Waals surface area contributed by atoms with Crippen LogP contribution in [0.2, 0.25) is 0 Å². The van der Waals surface area contributed by atoms with Crippen LogP contribution < -0.4 is 4.74 Å². The van der Waals surface area contributed by atoms with Gasteiger partial charge in [0.15, 0.2) is 0 Å². The standard InChI is InChI=1S/C18H13ClN2O4/c1-24-14-4-2-3-13(10-14)16-20-17(25-21-16)15(19)9-11-5-7-12(8-6-11)18(22)23/h2-10H,1H3,(H,22,23)/b15-9-. The SMILES string of the molecule is COc1cccc(-c2noc(/C(Cl)=C/c3ccc(C(=O)O)cc3)n2)c1. The lowest BCUT2D eigenvalue weighted by Gasteiger charge is -1.99. The third-order valence-electron chi connectivity index (χ3n) is 3.41. The molecule has 0 saturated carbocycles. The summed E-state index contributed by atoms with van der Waals surface area (Å²) in [5.74, 6) is 0.258. The number of aromatic nitrogens is 2. The van der Waals surface area contributed by atoms with Crippen molar-refractivity contribution in [2.75, 3.05) is 7.11 Å². The van der Waals surface area contributed by atoms with Crippen molar-refractivity contribution in [1.82, 2.24) is 10.1 Å². The summed E-state index contributed by atoms with van der Waals surface area (Å²) < 4.78 is 10.4. The lowest BCUT2D eigenvalue weighted by Crippen LogP contribution is -1.94. The van der Waals surface area contributed by atoms with Gasteiger partial charge in [-0.1, -0.05) is 41.0 Å². The van der Waals surface area contributed by atoms with Crippen LogP contribution in [-0.4, -0.2) is 28.3 Å². The maximum Gasteiger partial charge on any atom is 0.335 e. The van der Waals surface area contributed by atoms with E-state index >= 15 is 0 Å². The molecule has 0 bridgehead atoms. The Balaban J connectivity index is 1.84. The number of aromatic carboxylic acids is 1. The fraction of sp³-hybridized carbons (Fsp3) is 0.0556. The Labute approximate surface area is 148 Å². The predicted octanol–water partition coefficient (Wildman–Crippen LogP) is 4.18. The predicted molar refractivity (Wildman–Crippen MR) is 93.4 cm³/mol. The number of ether oxygens (including phenoxy) is 1. The van der Waals surface area contributed by atoms with Crippen LogP contribution in [0.5, 0.6) is 5.75 Å². The van der Waals surface area contributed by atoms with E-state index in [9.17, 15) is 4.79 Å². The molecule has 7 heteroatoms. The highest BCUT2D eigenvalue weighted by Gasteiger charge is 2.12. The van der Waals surface area contributed by atoms with Gasteiger partial charge in [0.2, 0.25) is 5.82 Å². The molecule has 1 aromatic heterocycles. The number of carbonyl (C=O) groups is 1. The van der Waals surface area contributed by atoms with Gasteiger partial charge in [-0.3, -0.25) is 0 Å². The first-order valence-electron chi connectivity index (χ1n) is 7.26. The number of hydrogen-bond donors (Lipinski definition) is 1. The van der Waals surface area contributed by atoms with Gasteiger partial charge in [-0.2, -0.15) is 4.98 Å². The van der Waals surface area contributed by atoms with Crippen LogP contribution in [0.25, 0.3) is 22.5 Å². The maximum atomic E-state index is 10.9. The van der Waals surface area contributed by atoms with Crippen LogP contribution in [0.3, 0.4) is 0 Å². The summed E-state index contributed by atoms with van der Waals surface area (Å²) in [6.07, 6.45) is 1.62. The van der Waals surface area contributed by atoms with E-state index in [1.165, 1.54) is 12.1 Å². The molecule has 0 saturated heterocycles. The minimum atomic E-state index is -0.985. The summed E-state index contributed by atoms with van der Waals surface area (Å²) in [5, 5.41) is 13.1. The Hall–Kier alpha value is -3.12. The maximum absolute atomic E-state index is 10.9. The zero-order valence-electron chi connectivity index (χ0n) is 13.1. The largest absolute Gasteiger partial charge is 0.497 e. The van der Waals surface area contributed by atoms with Crippen LogP contribution >= 0.6 is 11.6 Å². The minimum Gasteiger partial charge on any atom is -0.497 e. The number of benzene rings is 2.